The monoisotopic (exact) mass is 338 g/mol. The van der Waals surface area contributed by atoms with E-state index in [9.17, 15) is 23.1 Å². The van der Waals surface area contributed by atoms with Gasteiger partial charge in [0.15, 0.2) is 11.4 Å². The van der Waals surface area contributed by atoms with Gasteiger partial charge in [-0.3, -0.25) is 0 Å². The molecule has 1 aromatic carbocycles. The number of nitrogens with one attached hydrogen (secondary N) is 1. The Morgan fingerprint density at radius 1 is 1.50 bits per heavy atom. The number of alkyl halides is 3. The summed E-state index contributed by atoms with van der Waals surface area (Å²) < 4.78 is 43.2. The molecule has 0 aliphatic carbocycles. The molecule has 2 N–H and O–H groups in total. The van der Waals surface area contributed by atoms with Crippen LogP contribution in [0.5, 0.6) is 5.75 Å². The molecule has 1 heterocycles. The zero-order valence-electron chi connectivity index (χ0n) is 11.6. The third kappa shape index (κ3) is 3.07. The molecule has 1 saturated heterocycles. The molecule has 2 amide bonds. The number of benzene rings is 1. The van der Waals surface area contributed by atoms with E-state index in [0.29, 0.717) is 0 Å². The van der Waals surface area contributed by atoms with Gasteiger partial charge in [-0.2, -0.15) is 13.2 Å². The molecule has 2 rings (SSSR count). The molecule has 1 atom stereocenters. The number of carbonyl (C=O) groups excluding carboxylic acids is 1. The summed E-state index contributed by atoms with van der Waals surface area (Å²) >= 11 is 5.90. The fourth-order valence-electron chi connectivity index (χ4n) is 2.21. The summed E-state index contributed by atoms with van der Waals surface area (Å²) in [5, 5.41) is 12.3. The lowest BCUT2D eigenvalue weighted by molar-refractivity contribution is -0.253. The molecule has 0 unspecified atom stereocenters. The number of hydrogen-bond acceptors (Lipinski definition) is 3. The Morgan fingerprint density at radius 3 is 2.73 bits per heavy atom. The summed E-state index contributed by atoms with van der Waals surface area (Å²) in [5.74, 6) is 0.211. The van der Waals surface area contributed by atoms with Crippen molar-refractivity contribution in [1.82, 2.24) is 4.90 Å². The molecule has 1 fully saturated rings. The number of amides is 2. The van der Waals surface area contributed by atoms with Gasteiger partial charge >= 0.3 is 12.2 Å². The van der Waals surface area contributed by atoms with Crippen LogP contribution in [0.4, 0.5) is 23.7 Å². The number of hydrogen-bond donors (Lipinski definition) is 2. The summed E-state index contributed by atoms with van der Waals surface area (Å²) in [6.45, 7) is -1.02. The Morgan fingerprint density at radius 2 is 2.18 bits per heavy atom. The van der Waals surface area contributed by atoms with Gasteiger partial charge in [0.25, 0.3) is 0 Å². The third-order valence-corrected chi connectivity index (χ3v) is 3.77. The quantitative estimate of drug-likeness (QED) is 0.871. The molecule has 0 saturated carbocycles. The van der Waals surface area contributed by atoms with E-state index in [-0.39, 0.29) is 23.0 Å². The average molecular weight is 339 g/mol. The lowest BCUT2D eigenvalue weighted by atomic mass is 10.0. The molecule has 0 spiro atoms. The van der Waals surface area contributed by atoms with Crippen LogP contribution in [0.15, 0.2) is 18.2 Å². The molecule has 1 aromatic rings. The van der Waals surface area contributed by atoms with Gasteiger partial charge < -0.3 is 20.1 Å². The number of para-hydroxylation sites is 1. The number of halogens is 4. The number of likely N-dealkylation sites (tertiary alicyclic amines) is 1. The first kappa shape index (κ1) is 16.7. The summed E-state index contributed by atoms with van der Waals surface area (Å²) in [7, 11) is 1.36. The highest BCUT2D eigenvalue weighted by Gasteiger charge is 2.57. The van der Waals surface area contributed by atoms with Gasteiger partial charge in [-0.05, 0) is 12.1 Å². The van der Waals surface area contributed by atoms with Crippen LogP contribution in [0.3, 0.4) is 0 Å². The molecule has 0 aromatic heterocycles. The molecular formula is C13H14ClF3N2O3. The standard InChI is InChI=1S/C13H14ClF3N2O3/c1-22-10-8(14)3-2-4-9(10)18-11(20)19-6-5-12(21,7-19)13(15,16)17/h2-4,21H,5-7H2,1H3,(H,18,20)/t12-/m0/s1. The van der Waals surface area contributed by atoms with E-state index < -0.39 is 30.8 Å². The van der Waals surface area contributed by atoms with Crippen molar-refractivity contribution in [3.8, 4) is 5.75 Å². The van der Waals surface area contributed by atoms with E-state index in [1.165, 1.54) is 13.2 Å². The predicted octanol–water partition coefficient (Wildman–Crippen LogP) is 2.88. The van der Waals surface area contributed by atoms with E-state index in [0.717, 1.165) is 4.90 Å². The Labute approximate surface area is 129 Å². The molecule has 0 bridgehead atoms. The van der Waals surface area contributed by atoms with Crippen molar-refractivity contribution in [2.75, 3.05) is 25.5 Å². The van der Waals surface area contributed by atoms with Gasteiger partial charge in [-0.1, -0.05) is 17.7 Å². The second-order valence-corrected chi connectivity index (χ2v) is 5.36. The zero-order valence-corrected chi connectivity index (χ0v) is 12.3. The minimum absolute atomic E-state index is 0.204. The van der Waals surface area contributed by atoms with Crippen molar-refractivity contribution in [2.45, 2.75) is 18.2 Å². The summed E-state index contributed by atoms with van der Waals surface area (Å²) in [6, 6.07) is 3.86. The van der Waals surface area contributed by atoms with Crippen LogP contribution in [0.25, 0.3) is 0 Å². The van der Waals surface area contributed by atoms with Gasteiger partial charge in [0.05, 0.1) is 24.4 Å². The maximum Gasteiger partial charge on any atom is 0.419 e. The molecule has 9 heteroatoms. The summed E-state index contributed by atoms with van der Waals surface area (Å²) in [6.07, 6.45) is -5.34. The van der Waals surface area contributed by atoms with Crippen LogP contribution in [0.2, 0.25) is 5.02 Å². The highest BCUT2D eigenvalue weighted by atomic mass is 35.5. The number of rotatable bonds is 2. The maximum atomic E-state index is 12.7. The van der Waals surface area contributed by atoms with E-state index in [4.69, 9.17) is 16.3 Å². The van der Waals surface area contributed by atoms with Crippen molar-refractivity contribution in [2.24, 2.45) is 0 Å². The number of ether oxygens (including phenoxy) is 1. The highest BCUT2D eigenvalue weighted by molar-refractivity contribution is 6.32. The molecule has 1 aliphatic rings. The lowest BCUT2D eigenvalue weighted by Gasteiger charge is -2.26. The Bertz CT molecular complexity index is 582. The van der Waals surface area contributed by atoms with E-state index in [1.807, 2.05) is 0 Å². The topological polar surface area (TPSA) is 61.8 Å². The van der Waals surface area contributed by atoms with Crippen molar-refractivity contribution < 1.29 is 27.8 Å². The van der Waals surface area contributed by atoms with Crippen LogP contribution in [-0.4, -0.2) is 48.0 Å². The number of urea groups is 1. The van der Waals surface area contributed by atoms with Gasteiger partial charge in [-0.25, -0.2) is 4.79 Å². The van der Waals surface area contributed by atoms with Crippen molar-refractivity contribution in [1.29, 1.82) is 0 Å². The fraction of sp³-hybridized carbons (Fsp3) is 0.462. The third-order valence-electron chi connectivity index (χ3n) is 3.48. The van der Waals surface area contributed by atoms with Crippen molar-refractivity contribution >= 4 is 23.3 Å². The molecule has 1 aliphatic heterocycles. The van der Waals surface area contributed by atoms with Crippen LogP contribution in [0, 0.1) is 0 Å². The van der Waals surface area contributed by atoms with E-state index in [1.54, 1.807) is 12.1 Å². The summed E-state index contributed by atoms with van der Waals surface area (Å²) in [4.78, 5) is 12.9. The first-order chi connectivity index (χ1) is 10.2. The normalized spacial score (nSPS) is 21.8. The van der Waals surface area contributed by atoms with Gasteiger partial charge in [0, 0.05) is 13.0 Å². The Balaban J connectivity index is 2.11. The number of carbonyl (C=O) groups is 1. The largest absolute Gasteiger partial charge is 0.493 e. The van der Waals surface area contributed by atoms with Crippen LogP contribution >= 0.6 is 11.6 Å². The van der Waals surface area contributed by atoms with E-state index in [2.05, 4.69) is 5.32 Å². The van der Waals surface area contributed by atoms with Crippen LogP contribution in [0.1, 0.15) is 6.42 Å². The lowest BCUT2D eigenvalue weighted by Crippen LogP contribution is -2.48. The Kier molecular flexibility index (Phi) is 4.44. The minimum atomic E-state index is -4.78. The number of aliphatic hydroxyl groups is 1. The smallest absolute Gasteiger partial charge is 0.419 e. The van der Waals surface area contributed by atoms with E-state index >= 15 is 0 Å². The van der Waals surface area contributed by atoms with Crippen LogP contribution in [-0.2, 0) is 0 Å². The second-order valence-electron chi connectivity index (χ2n) is 4.95. The van der Waals surface area contributed by atoms with Crippen molar-refractivity contribution in [3.63, 3.8) is 0 Å². The maximum absolute atomic E-state index is 12.7. The van der Waals surface area contributed by atoms with Gasteiger partial charge in [0.2, 0.25) is 0 Å². The molecule has 22 heavy (non-hydrogen) atoms. The van der Waals surface area contributed by atoms with Crippen LogP contribution < -0.4 is 10.1 Å². The molecule has 0 radical (unpaired) electrons. The number of nitrogens with zero attached hydrogens (tertiary/aromatic N) is 1. The zero-order chi connectivity index (χ0) is 16.5. The first-order valence-electron chi connectivity index (χ1n) is 6.35. The number of methoxy groups -OCH3 is 1. The SMILES string of the molecule is COc1c(Cl)cccc1NC(=O)N1CC[C@@](O)(C(F)(F)F)C1. The van der Waals surface area contributed by atoms with Gasteiger partial charge in [0.1, 0.15) is 0 Å². The minimum Gasteiger partial charge on any atom is -0.493 e. The summed E-state index contributed by atoms with van der Waals surface area (Å²) in [5.41, 5.74) is -2.63. The predicted molar refractivity (Wildman–Crippen MR) is 74.2 cm³/mol. The molecule has 5 nitrogen and oxygen atoms in total. The average Bonchev–Trinajstić information content (AvgIpc) is 2.83. The number of β-amino-alcohol motifs (C(OH)–C–C–N with tert-alkyl or cyclic N) is 1. The number of anilines is 1. The Hall–Kier alpha value is -1.67. The second kappa shape index (κ2) is 5.85. The van der Waals surface area contributed by atoms with Gasteiger partial charge in [-0.15, -0.1) is 0 Å². The molecule has 122 valence electrons. The molecular weight excluding hydrogens is 325 g/mol. The highest BCUT2D eigenvalue weighted by Crippen LogP contribution is 2.38. The van der Waals surface area contributed by atoms with Crippen molar-refractivity contribution in [3.05, 3.63) is 23.2 Å². The first-order valence-corrected chi connectivity index (χ1v) is 6.73. The fourth-order valence-corrected chi connectivity index (χ4v) is 2.46.